The maximum Gasteiger partial charge on any atom is 0.268 e. The second-order valence-corrected chi connectivity index (χ2v) is 7.30. The number of likely N-dealkylation sites (N-methyl/N-ethyl adjacent to an activating group) is 1. The van der Waals surface area contributed by atoms with E-state index in [1.54, 1.807) is 14.0 Å². The molecular weight excluding hydrogens is 348 g/mol. The predicted octanol–water partition coefficient (Wildman–Crippen LogP) is -0.464. The SMILES string of the molecule is CNC(=O)C(NCC1CCC2(CN(OCc3ccccc3)C2=O)N1)C(C)O. The van der Waals surface area contributed by atoms with E-state index in [-0.39, 0.29) is 17.9 Å². The lowest BCUT2D eigenvalue weighted by Gasteiger charge is -2.45. The Balaban J connectivity index is 1.45. The number of rotatable bonds is 8. The van der Waals surface area contributed by atoms with Gasteiger partial charge in [-0.15, -0.1) is 0 Å². The minimum absolute atomic E-state index is 0.0423. The van der Waals surface area contributed by atoms with Gasteiger partial charge in [-0.3, -0.25) is 19.7 Å². The average Bonchev–Trinajstić information content (AvgIpc) is 3.11. The van der Waals surface area contributed by atoms with Crippen LogP contribution in [0.1, 0.15) is 25.3 Å². The lowest BCUT2D eigenvalue weighted by atomic mass is 9.89. The van der Waals surface area contributed by atoms with Crippen LogP contribution in [0.25, 0.3) is 0 Å². The number of hydrogen-bond donors (Lipinski definition) is 4. The molecule has 2 aliphatic rings. The number of aliphatic hydroxyl groups is 1. The molecule has 1 aromatic carbocycles. The lowest BCUT2D eigenvalue weighted by molar-refractivity contribution is -0.231. The van der Waals surface area contributed by atoms with Crippen LogP contribution in [-0.2, 0) is 21.0 Å². The molecule has 4 atom stereocenters. The summed E-state index contributed by atoms with van der Waals surface area (Å²) in [4.78, 5) is 30.0. The third-order valence-corrected chi connectivity index (χ3v) is 5.27. The van der Waals surface area contributed by atoms with Gasteiger partial charge in [-0.05, 0) is 25.3 Å². The summed E-state index contributed by atoms with van der Waals surface area (Å²) in [6.45, 7) is 2.97. The van der Waals surface area contributed by atoms with E-state index in [0.29, 0.717) is 19.7 Å². The molecule has 1 spiro atoms. The number of carbonyl (C=O) groups excluding carboxylic acids is 2. The number of benzene rings is 1. The molecule has 4 N–H and O–H groups in total. The maximum atomic E-state index is 12.6. The van der Waals surface area contributed by atoms with Crippen molar-refractivity contribution >= 4 is 11.8 Å². The van der Waals surface area contributed by atoms with Gasteiger partial charge in [0.15, 0.2) is 0 Å². The molecule has 2 heterocycles. The van der Waals surface area contributed by atoms with Gasteiger partial charge in [0.25, 0.3) is 5.91 Å². The number of β-lactam (4-membered cyclic amide) rings is 1. The number of hydroxylamine groups is 2. The van der Waals surface area contributed by atoms with E-state index in [1.807, 2.05) is 30.3 Å². The highest BCUT2D eigenvalue weighted by Crippen LogP contribution is 2.34. The zero-order valence-corrected chi connectivity index (χ0v) is 15.8. The third kappa shape index (κ3) is 4.30. The van der Waals surface area contributed by atoms with Crippen molar-refractivity contribution in [1.82, 2.24) is 21.0 Å². The van der Waals surface area contributed by atoms with Crippen LogP contribution < -0.4 is 16.0 Å². The van der Waals surface area contributed by atoms with Crippen LogP contribution in [-0.4, -0.2) is 65.8 Å². The molecule has 27 heavy (non-hydrogen) atoms. The molecule has 0 bridgehead atoms. The molecule has 2 saturated heterocycles. The highest BCUT2D eigenvalue weighted by molar-refractivity contribution is 5.92. The van der Waals surface area contributed by atoms with E-state index < -0.39 is 17.7 Å². The number of nitrogens with one attached hydrogen (secondary N) is 3. The van der Waals surface area contributed by atoms with Crippen LogP contribution in [0.15, 0.2) is 30.3 Å². The van der Waals surface area contributed by atoms with Gasteiger partial charge in [-0.2, -0.15) is 0 Å². The van der Waals surface area contributed by atoms with Gasteiger partial charge in [0.2, 0.25) is 5.91 Å². The number of carbonyl (C=O) groups is 2. The van der Waals surface area contributed by atoms with Gasteiger partial charge in [-0.25, -0.2) is 5.06 Å². The fourth-order valence-corrected chi connectivity index (χ4v) is 3.67. The minimum Gasteiger partial charge on any atom is -0.391 e. The summed E-state index contributed by atoms with van der Waals surface area (Å²) in [5.74, 6) is -0.294. The zero-order chi connectivity index (χ0) is 19.4. The second kappa shape index (κ2) is 8.35. The van der Waals surface area contributed by atoms with Crippen LogP contribution in [0.3, 0.4) is 0 Å². The molecular formula is C19H28N4O4. The fraction of sp³-hybridized carbons (Fsp3) is 0.579. The molecule has 3 rings (SSSR count). The molecule has 0 aliphatic carbocycles. The Bertz CT molecular complexity index is 669. The molecule has 0 saturated carbocycles. The van der Waals surface area contributed by atoms with Crippen LogP contribution in [0.4, 0.5) is 0 Å². The molecule has 148 valence electrons. The van der Waals surface area contributed by atoms with Crippen molar-refractivity contribution in [2.45, 2.75) is 50.1 Å². The van der Waals surface area contributed by atoms with Gasteiger partial charge in [-0.1, -0.05) is 30.3 Å². The first kappa shape index (κ1) is 19.8. The number of amides is 2. The van der Waals surface area contributed by atoms with Gasteiger partial charge in [0.05, 0.1) is 12.6 Å². The summed E-state index contributed by atoms with van der Waals surface area (Å²) in [7, 11) is 1.54. The first-order valence-corrected chi connectivity index (χ1v) is 9.35. The predicted molar refractivity (Wildman–Crippen MR) is 99.4 cm³/mol. The number of hydrogen-bond acceptors (Lipinski definition) is 6. The smallest absolute Gasteiger partial charge is 0.268 e. The van der Waals surface area contributed by atoms with Crippen molar-refractivity contribution in [1.29, 1.82) is 0 Å². The van der Waals surface area contributed by atoms with Crippen molar-refractivity contribution in [3.8, 4) is 0 Å². The standard InChI is InChI=1S/C19H28N4O4/c1-13(24)16(17(25)20-2)21-10-15-8-9-19(22-15)12-23(18(19)26)27-11-14-6-4-3-5-7-14/h3-7,13,15-16,21-22,24H,8-12H2,1-2H3,(H,20,25). The van der Waals surface area contributed by atoms with Gasteiger partial charge in [0, 0.05) is 19.6 Å². The Labute approximate surface area is 159 Å². The van der Waals surface area contributed by atoms with Crippen LogP contribution in [0.5, 0.6) is 0 Å². The van der Waals surface area contributed by atoms with Gasteiger partial charge < -0.3 is 15.7 Å². The van der Waals surface area contributed by atoms with Crippen molar-refractivity contribution in [2.24, 2.45) is 0 Å². The molecule has 1 aromatic rings. The second-order valence-electron chi connectivity index (χ2n) is 7.30. The molecule has 2 fully saturated rings. The first-order chi connectivity index (χ1) is 12.9. The van der Waals surface area contributed by atoms with Crippen molar-refractivity contribution in [2.75, 3.05) is 20.1 Å². The van der Waals surface area contributed by atoms with Crippen LogP contribution in [0.2, 0.25) is 0 Å². The lowest BCUT2D eigenvalue weighted by Crippen LogP contribution is -2.72. The van der Waals surface area contributed by atoms with E-state index in [0.717, 1.165) is 18.4 Å². The zero-order valence-electron chi connectivity index (χ0n) is 15.8. The molecule has 2 aliphatic heterocycles. The van der Waals surface area contributed by atoms with Crippen molar-refractivity contribution in [3.63, 3.8) is 0 Å². The van der Waals surface area contributed by atoms with Crippen molar-refractivity contribution < 1.29 is 19.5 Å². The molecule has 4 unspecified atom stereocenters. The Hall–Kier alpha value is -2.00. The summed E-state index contributed by atoms with van der Waals surface area (Å²) in [6.07, 6.45) is 0.765. The number of nitrogens with zero attached hydrogens (tertiary/aromatic N) is 1. The average molecular weight is 376 g/mol. The normalized spacial score (nSPS) is 26.7. The van der Waals surface area contributed by atoms with E-state index >= 15 is 0 Å². The quantitative estimate of drug-likeness (QED) is 0.458. The van der Waals surface area contributed by atoms with E-state index in [9.17, 15) is 14.7 Å². The summed E-state index contributed by atoms with van der Waals surface area (Å²) in [5.41, 5.74) is 0.460. The van der Waals surface area contributed by atoms with Crippen molar-refractivity contribution in [3.05, 3.63) is 35.9 Å². The Morgan fingerprint density at radius 2 is 2.19 bits per heavy atom. The molecule has 8 nitrogen and oxygen atoms in total. The summed E-state index contributed by atoms with van der Waals surface area (Å²) >= 11 is 0. The Morgan fingerprint density at radius 3 is 2.81 bits per heavy atom. The van der Waals surface area contributed by atoms with E-state index in [1.165, 1.54) is 5.06 Å². The van der Waals surface area contributed by atoms with E-state index in [2.05, 4.69) is 16.0 Å². The van der Waals surface area contributed by atoms with E-state index in [4.69, 9.17) is 4.84 Å². The highest BCUT2D eigenvalue weighted by atomic mass is 16.7. The maximum absolute atomic E-state index is 12.6. The molecule has 8 heteroatoms. The van der Waals surface area contributed by atoms with Crippen LogP contribution >= 0.6 is 0 Å². The minimum atomic E-state index is -0.799. The summed E-state index contributed by atoms with van der Waals surface area (Å²) < 4.78 is 0. The van der Waals surface area contributed by atoms with Gasteiger partial charge in [0.1, 0.15) is 18.2 Å². The highest BCUT2D eigenvalue weighted by Gasteiger charge is 2.56. The fourth-order valence-electron chi connectivity index (χ4n) is 3.67. The van der Waals surface area contributed by atoms with Crippen LogP contribution in [0, 0.1) is 0 Å². The molecule has 0 aromatic heterocycles. The monoisotopic (exact) mass is 376 g/mol. The van der Waals surface area contributed by atoms with Gasteiger partial charge >= 0.3 is 0 Å². The summed E-state index contributed by atoms with van der Waals surface area (Å²) in [6, 6.07) is 9.13. The number of aliphatic hydroxyl groups excluding tert-OH is 1. The molecule has 2 amide bonds. The Morgan fingerprint density at radius 1 is 1.44 bits per heavy atom. The first-order valence-electron chi connectivity index (χ1n) is 9.35. The molecule has 0 radical (unpaired) electrons. The largest absolute Gasteiger partial charge is 0.391 e. The Kier molecular flexibility index (Phi) is 6.11. The topological polar surface area (TPSA) is 103 Å². The third-order valence-electron chi connectivity index (χ3n) is 5.27. The summed E-state index contributed by atoms with van der Waals surface area (Å²) in [5, 5.41) is 20.2.